The van der Waals surface area contributed by atoms with Crippen LogP contribution in [0.2, 0.25) is 0 Å². The number of hydrogen-bond donors (Lipinski definition) is 2. The van der Waals surface area contributed by atoms with E-state index in [-0.39, 0.29) is 11.8 Å². The minimum atomic E-state index is -4.12. The fourth-order valence-corrected chi connectivity index (χ4v) is 2.98. The molecule has 0 bridgehead atoms. The van der Waals surface area contributed by atoms with Crippen LogP contribution in [0, 0.1) is 11.6 Å². The van der Waals surface area contributed by atoms with E-state index >= 15 is 0 Å². The largest absolute Gasteiger partial charge is 0.396 e. The van der Waals surface area contributed by atoms with Gasteiger partial charge < -0.3 is 5.73 Å². The molecule has 1 aromatic rings. The highest BCUT2D eigenvalue weighted by Gasteiger charge is 2.21. The molecule has 0 aliphatic rings. The highest BCUT2D eigenvalue weighted by molar-refractivity contribution is 7.89. The predicted molar refractivity (Wildman–Crippen MR) is 74.1 cm³/mol. The van der Waals surface area contributed by atoms with E-state index in [1.54, 1.807) is 6.92 Å². The first-order valence-corrected chi connectivity index (χ1v) is 8.82. The van der Waals surface area contributed by atoms with Gasteiger partial charge in [0.1, 0.15) is 16.5 Å². The number of rotatable bonds is 6. The molecule has 20 heavy (non-hydrogen) atoms. The summed E-state index contributed by atoms with van der Waals surface area (Å²) in [5.74, 6) is -2.23. The fraction of sp³-hybridized carbons (Fsp3) is 0.455. The molecule has 1 rings (SSSR count). The molecule has 2 unspecified atom stereocenters. The number of nitrogens with two attached hydrogens (primary N) is 1. The molecular formula is C11H16F2N2O3S2. The second kappa shape index (κ2) is 6.59. The maximum absolute atomic E-state index is 13.5. The number of anilines is 1. The minimum absolute atomic E-state index is 0.000197. The zero-order valence-corrected chi connectivity index (χ0v) is 12.7. The molecule has 0 saturated carbocycles. The number of sulfonamides is 1. The van der Waals surface area contributed by atoms with Crippen LogP contribution in [0.25, 0.3) is 0 Å². The van der Waals surface area contributed by atoms with Crippen molar-refractivity contribution in [3.8, 4) is 0 Å². The van der Waals surface area contributed by atoms with E-state index in [1.165, 1.54) is 6.26 Å². The first-order chi connectivity index (χ1) is 9.15. The average molecular weight is 326 g/mol. The molecule has 9 heteroatoms. The van der Waals surface area contributed by atoms with Crippen molar-refractivity contribution in [1.29, 1.82) is 0 Å². The van der Waals surface area contributed by atoms with E-state index in [9.17, 15) is 21.4 Å². The molecule has 0 saturated heterocycles. The summed E-state index contributed by atoms with van der Waals surface area (Å²) >= 11 is 0. The molecule has 0 aliphatic heterocycles. The van der Waals surface area contributed by atoms with Gasteiger partial charge in [-0.1, -0.05) is 6.92 Å². The van der Waals surface area contributed by atoms with Gasteiger partial charge in [-0.05, 0) is 12.5 Å². The zero-order valence-electron chi connectivity index (χ0n) is 11.0. The molecular weight excluding hydrogens is 310 g/mol. The summed E-state index contributed by atoms with van der Waals surface area (Å²) in [5.41, 5.74) is 4.78. The van der Waals surface area contributed by atoms with Crippen molar-refractivity contribution in [2.24, 2.45) is 0 Å². The van der Waals surface area contributed by atoms with E-state index in [0.717, 1.165) is 6.07 Å². The van der Waals surface area contributed by atoms with Gasteiger partial charge in [-0.15, -0.1) is 0 Å². The molecule has 114 valence electrons. The lowest BCUT2D eigenvalue weighted by atomic mass is 10.3. The van der Waals surface area contributed by atoms with Gasteiger partial charge in [0.15, 0.2) is 0 Å². The van der Waals surface area contributed by atoms with Crippen LogP contribution in [-0.2, 0) is 20.8 Å². The summed E-state index contributed by atoms with van der Waals surface area (Å²) in [6.45, 7) is 1.71. The molecule has 3 N–H and O–H groups in total. The van der Waals surface area contributed by atoms with Crippen molar-refractivity contribution in [3.05, 3.63) is 23.8 Å². The normalized spacial score (nSPS) is 15.0. The Hall–Kier alpha value is -1.06. The van der Waals surface area contributed by atoms with Crippen LogP contribution in [0.4, 0.5) is 14.5 Å². The van der Waals surface area contributed by atoms with Crippen LogP contribution in [0.3, 0.4) is 0 Å². The summed E-state index contributed by atoms with van der Waals surface area (Å²) in [6.07, 6.45) is 1.85. The highest BCUT2D eigenvalue weighted by atomic mass is 32.2. The molecule has 1 aromatic carbocycles. The number of benzene rings is 1. The van der Waals surface area contributed by atoms with Crippen molar-refractivity contribution < 1.29 is 21.4 Å². The van der Waals surface area contributed by atoms with Gasteiger partial charge in [0.05, 0.1) is 5.69 Å². The lowest BCUT2D eigenvalue weighted by Gasteiger charge is -2.11. The second-order valence-corrected chi connectivity index (χ2v) is 7.84. The van der Waals surface area contributed by atoms with E-state index in [4.69, 9.17) is 5.73 Å². The quantitative estimate of drug-likeness (QED) is 0.763. The van der Waals surface area contributed by atoms with Crippen molar-refractivity contribution in [1.82, 2.24) is 4.72 Å². The van der Waals surface area contributed by atoms with Gasteiger partial charge in [-0.3, -0.25) is 4.21 Å². The van der Waals surface area contributed by atoms with Crippen LogP contribution in [-0.4, -0.2) is 30.7 Å². The molecule has 0 fully saturated rings. The number of nitrogen functional groups attached to an aromatic ring is 1. The number of halogens is 2. The third kappa shape index (κ3) is 4.22. The Morgan fingerprint density at radius 3 is 2.50 bits per heavy atom. The summed E-state index contributed by atoms with van der Waals surface area (Å²) in [6, 6.07) is 1.15. The highest BCUT2D eigenvalue weighted by Crippen LogP contribution is 2.20. The standard InChI is InChI=1S/C11H16F2N2O3S2/c1-7(19(2)16)3-4-15-20(17,18)11-6-10(14)8(12)5-9(11)13/h5-7,15H,3-4,14H2,1-2H3. The van der Waals surface area contributed by atoms with Gasteiger partial charge in [-0.25, -0.2) is 21.9 Å². The number of nitrogens with one attached hydrogen (secondary N) is 1. The molecule has 2 atom stereocenters. The van der Waals surface area contributed by atoms with Crippen molar-refractivity contribution >= 4 is 26.5 Å². The lowest BCUT2D eigenvalue weighted by Crippen LogP contribution is -2.28. The molecule has 0 radical (unpaired) electrons. The molecule has 5 nitrogen and oxygen atoms in total. The van der Waals surface area contributed by atoms with E-state index < -0.39 is 43.0 Å². The Morgan fingerprint density at radius 2 is 1.95 bits per heavy atom. The van der Waals surface area contributed by atoms with Crippen LogP contribution in [0.5, 0.6) is 0 Å². The Bertz CT molecular complexity index is 620. The summed E-state index contributed by atoms with van der Waals surface area (Å²) in [7, 11) is -5.19. The maximum atomic E-state index is 13.5. The van der Waals surface area contributed by atoms with Gasteiger partial charge >= 0.3 is 0 Å². The fourth-order valence-electron chi connectivity index (χ4n) is 1.39. The van der Waals surface area contributed by atoms with Crippen molar-refractivity contribution in [2.75, 3.05) is 18.5 Å². The Kier molecular flexibility index (Phi) is 5.60. The molecule has 0 amide bonds. The van der Waals surface area contributed by atoms with Crippen LogP contribution in [0.15, 0.2) is 17.0 Å². The van der Waals surface area contributed by atoms with E-state index in [2.05, 4.69) is 4.72 Å². The average Bonchev–Trinajstić information content (AvgIpc) is 2.33. The minimum Gasteiger partial charge on any atom is -0.396 e. The smallest absolute Gasteiger partial charge is 0.243 e. The van der Waals surface area contributed by atoms with Crippen LogP contribution >= 0.6 is 0 Å². The Balaban J connectivity index is 2.85. The lowest BCUT2D eigenvalue weighted by molar-refractivity contribution is 0.543. The molecule has 0 spiro atoms. The van der Waals surface area contributed by atoms with Crippen LogP contribution < -0.4 is 10.5 Å². The second-order valence-electron chi connectivity index (χ2n) is 4.30. The molecule has 0 aliphatic carbocycles. The predicted octanol–water partition coefficient (Wildman–Crippen LogP) is 0.982. The third-order valence-corrected chi connectivity index (χ3v) is 5.60. The Morgan fingerprint density at radius 1 is 1.35 bits per heavy atom. The van der Waals surface area contributed by atoms with E-state index in [1.807, 2.05) is 0 Å². The maximum Gasteiger partial charge on any atom is 0.243 e. The molecule has 0 heterocycles. The van der Waals surface area contributed by atoms with Gasteiger partial charge in [-0.2, -0.15) is 0 Å². The summed E-state index contributed by atoms with van der Waals surface area (Å²) < 4.78 is 63.5. The van der Waals surface area contributed by atoms with Gasteiger partial charge in [0.25, 0.3) is 0 Å². The van der Waals surface area contributed by atoms with Gasteiger partial charge in [0.2, 0.25) is 10.0 Å². The summed E-state index contributed by atoms with van der Waals surface area (Å²) in [5, 5.41) is -0.194. The first-order valence-electron chi connectivity index (χ1n) is 5.71. The third-order valence-electron chi connectivity index (χ3n) is 2.75. The van der Waals surface area contributed by atoms with Gasteiger partial charge in [0, 0.05) is 34.9 Å². The summed E-state index contributed by atoms with van der Waals surface area (Å²) in [4.78, 5) is -0.707. The first kappa shape index (κ1) is 17.0. The van der Waals surface area contributed by atoms with Crippen molar-refractivity contribution in [2.45, 2.75) is 23.5 Å². The van der Waals surface area contributed by atoms with Crippen molar-refractivity contribution in [3.63, 3.8) is 0 Å². The Labute approximate surface area is 119 Å². The van der Waals surface area contributed by atoms with E-state index in [0.29, 0.717) is 12.5 Å². The zero-order chi connectivity index (χ0) is 15.5. The monoisotopic (exact) mass is 326 g/mol. The SMILES string of the molecule is CC(CCNS(=O)(=O)c1cc(N)c(F)cc1F)S(C)=O. The molecule has 0 aromatic heterocycles. The number of hydrogen-bond acceptors (Lipinski definition) is 4. The topological polar surface area (TPSA) is 89.3 Å². The van der Waals surface area contributed by atoms with Crippen LogP contribution in [0.1, 0.15) is 13.3 Å².